The Labute approximate surface area is 190 Å². The van der Waals surface area contributed by atoms with Gasteiger partial charge >= 0.3 is 6.18 Å². The van der Waals surface area contributed by atoms with Gasteiger partial charge in [0.25, 0.3) is 5.91 Å². The Morgan fingerprint density at radius 1 is 1.21 bits per heavy atom. The highest BCUT2D eigenvalue weighted by Gasteiger charge is 2.33. The van der Waals surface area contributed by atoms with Gasteiger partial charge in [-0.05, 0) is 24.6 Å². The number of carbonyl (C=O) groups is 1. The van der Waals surface area contributed by atoms with Gasteiger partial charge in [-0.3, -0.25) is 9.48 Å². The summed E-state index contributed by atoms with van der Waals surface area (Å²) in [6.07, 6.45) is -2.22. The molecule has 1 aliphatic rings. The van der Waals surface area contributed by atoms with Crippen molar-refractivity contribution in [2.75, 3.05) is 23.3 Å². The molecule has 0 unspecified atom stereocenters. The molecule has 0 saturated carbocycles. The third-order valence-corrected chi connectivity index (χ3v) is 5.47. The van der Waals surface area contributed by atoms with Crippen LogP contribution in [0.5, 0.6) is 0 Å². The molecule has 13 heteroatoms. The SMILES string of the molecule is Cn1ncc(-c2cccc(C(F)(F)F)n2)c1C(=O)Nc1ccn2nc(N3CC[C@H](F)C3)nc2c1. The van der Waals surface area contributed by atoms with E-state index in [4.69, 9.17) is 0 Å². The maximum Gasteiger partial charge on any atom is 0.433 e. The van der Waals surface area contributed by atoms with E-state index in [-0.39, 0.29) is 23.5 Å². The first kappa shape index (κ1) is 21.8. The van der Waals surface area contributed by atoms with Crippen molar-refractivity contribution < 1.29 is 22.4 Å². The number of fused-ring (bicyclic) bond motifs is 1. The second kappa shape index (κ2) is 8.08. The van der Waals surface area contributed by atoms with Gasteiger partial charge in [-0.2, -0.15) is 23.3 Å². The highest BCUT2D eigenvalue weighted by Crippen LogP contribution is 2.30. The van der Waals surface area contributed by atoms with E-state index >= 15 is 0 Å². The number of amides is 1. The van der Waals surface area contributed by atoms with Gasteiger partial charge < -0.3 is 10.2 Å². The zero-order valence-corrected chi connectivity index (χ0v) is 17.8. The summed E-state index contributed by atoms with van der Waals surface area (Å²) in [4.78, 5) is 22.8. The third kappa shape index (κ3) is 4.04. The molecule has 34 heavy (non-hydrogen) atoms. The van der Waals surface area contributed by atoms with Gasteiger partial charge in [-0.25, -0.2) is 13.9 Å². The minimum Gasteiger partial charge on any atom is -0.336 e. The molecule has 1 aliphatic heterocycles. The van der Waals surface area contributed by atoms with Crippen LogP contribution < -0.4 is 10.2 Å². The molecule has 4 aromatic rings. The number of aromatic nitrogens is 6. The smallest absolute Gasteiger partial charge is 0.336 e. The van der Waals surface area contributed by atoms with Gasteiger partial charge in [0, 0.05) is 31.5 Å². The molecule has 0 radical (unpaired) electrons. The van der Waals surface area contributed by atoms with Crippen LogP contribution in [0.4, 0.5) is 29.2 Å². The van der Waals surface area contributed by atoms with Crippen LogP contribution in [0.1, 0.15) is 22.6 Å². The molecular weight excluding hydrogens is 456 g/mol. The van der Waals surface area contributed by atoms with Crippen molar-refractivity contribution in [3.8, 4) is 11.3 Å². The van der Waals surface area contributed by atoms with Crippen molar-refractivity contribution in [2.45, 2.75) is 18.8 Å². The number of hydrogen-bond donors (Lipinski definition) is 1. The average molecular weight is 474 g/mol. The number of nitrogens with zero attached hydrogens (tertiary/aromatic N) is 7. The summed E-state index contributed by atoms with van der Waals surface area (Å²) in [6.45, 7) is 0.752. The minimum atomic E-state index is -4.62. The first-order chi connectivity index (χ1) is 16.2. The molecule has 0 aliphatic carbocycles. The first-order valence-corrected chi connectivity index (χ1v) is 10.3. The second-order valence-electron chi connectivity index (χ2n) is 7.85. The lowest BCUT2D eigenvalue weighted by atomic mass is 10.1. The summed E-state index contributed by atoms with van der Waals surface area (Å²) in [7, 11) is 1.51. The summed E-state index contributed by atoms with van der Waals surface area (Å²) >= 11 is 0. The van der Waals surface area contributed by atoms with Crippen LogP contribution in [-0.4, -0.2) is 54.5 Å². The Morgan fingerprint density at radius 3 is 2.76 bits per heavy atom. The fourth-order valence-electron chi connectivity index (χ4n) is 3.81. The summed E-state index contributed by atoms with van der Waals surface area (Å²) < 4.78 is 55.5. The lowest BCUT2D eigenvalue weighted by Gasteiger charge is -2.10. The van der Waals surface area contributed by atoms with E-state index in [9.17, 15) is 22.4 Å². The Morgan fingerprint density at radius 2 is 2.03 bits per heavy atom. The Balaban J connectivity index is 1.41. The van der Waals surface area contributed by atoms with Crippen LogP contribution in [-0.2, 0) is 13.2 Å². The van der Waals surface area contributed by atoms with Gasteiger partial charge in [0.05, 0.1) is 24.0 Å². The van der Waals surface area contributed by atoms with Crippen LogP contribution >= 0.6 is 0 Å². The zero-order chi connectivity index (χ0) is 24.0. The number of aryl methyl sites for hydroxylation is 1. The number of halogens is 4. The van der Waals surface area contributed by atoms with Crippen molar-refractivity contribution in [1.29, 1.82) is 0 Å². The maximum atomic E-state index is 13.5. The van der Waals surface area contributed by atoms with Crippen LogP contribution in [0.3, 0.4) is 0 Å². The van der Waals surface area contributed by atoms with Gasteiger partial charge in [0.2, 0.25) is 5.95 Å². The number of carbonyl (C=O) groups excluding carboxylic acids is 1. The number of pyridine rings is 2. The van der Waals surface area contributed by atoms with Crippen LogP contribution in [0.2, 0.25) is 0 Å². The van der Waals surface area contributed by atoms with E-state index in [1.165, 1.54) is 34.6 Å². The van der Waals surface area contributed by atoms with Gasteiger partial charge in [0.15, 0.2) is 5.65 Å². The largest absolute Gasteiger partial charge is 0.433 e. The Kier molecular flexibility index (Phi) is 5.18. The summed E-state index contributed by atoms with van der Waals surface area (Å²) in [6, 6.07) is 6.66. The van der Waals surface area contributed by atoms with Gasteiger partial charge in [-0.1, -0.05) is 6.07 Å². The van der Waals surface area contributed by atoms with Gasteiger partial charge in [0.1, 0.15) is 17.6 Å². The molecule has 1 fully saturated rings. The van der Waals surface area contributed by atoms with Crippen LogP contribution in [0.25, 0.3) is 16.9 Å². The molecule has 0 bridgehead atoms. The molecule has 0 spiro atoms. The van der Waals surface area contributed by atoms with Crippen molar-refractivity contribution in [2.24, 2.45) is 7.05 Å². The zero-order valence-electron chi connectivity index (χ0n) is 17.8. The predicted octanol–water partition coefficient (Wildman–Crippen LogP) is 3.34. The number of alkyl halides is 4. The van der Waals surface area contributed by atoms with Gasteiger partial charge in [-0.15, -0.1) is 5.10 Å². The number of hydrogen-bond acceptors (Lipinski definition) is 6. The quantitative estimate of drug-likeness (QED) is 0.456. The monoisotopic (exact) mass is 474 g/mol. The maximum absolute atomic E-state index is 13.5. The van der Waals surface area contributed by atoms with E-state index in [1.807, 2.05) is 0 Å². The van der Waals surface area contributed by atoms with Crippen LogP contribution in [0.15, 0.2) is 42.7 Å². The lowest BCUT2D eigenvalue weighted by molar-refractivity contribution is -0.141. The molecule has 9 nitrogen and oxygen atoms in total. The fourth-order valence-corrected chi connectivity index (χ4v) is 3.81. The van der Waals surface area contributed by atoms with Crippen molar-refractivity contribution in [1.82, 2.24) is 29.4 Å². The van der Waals surface area contributed by atoms with E-state index in [0.29, 0.717) is 30.2 Å². The highest BCUT2D eigenvalue weighted by atomic mass is 19.4. The number of anilines is 2. The summed E-state index contributed by atoms with van der Waals surface area (Å²) in [5.41, 5.74) is -0.0512. The Hall–Kier alpha value is -4.03. The lowest BCUT2D eigenvalue weighted by Crippen LogP contribution is -2.21. The molecule has 1 N–H and O–H groups in total. The topological polar surface area (TPSA) is 93.2 Å². The fraction of sp³-hybridized carbons (Fsp3) is 0.286. The molecule has 1 saturated heterocycles. The molecule has 176 valence electrons. The second-order valence-corrected chi connectivity index (χ2v) is 7.85. The van der Waals surface area contributed by atoms with E-state index in [1.54, 1.807) is 23.2 Å². The average Bonchev–Trinajstić information content (AvgIpc) is 3.50. The normalized spacial score (nSPS) is 16.4. The molecule has 4 aromatic heterocycles. The minimum absolute atomic E-state index is 0.0255. The van der Waals surface area contributed by atoms with Crippen molar-refractivity contribution >= 4 is 23.2 Å². The standard InChI is InChI=1S/C21H18F4N8O/c1-31-18(14(10-26-31)15-3-2-4-16(28-15)21(23,24)25)19(34)27-13-6-8-33-17(9-13)29-20(30-33)32-7-5-12(22)11-32/h2-4,6,8-10,12H,5,7,11H2,1H3,(H,27,34)/t12-/m0/s1. The highest BCUT2D eigenvalue weighted by molar-refractivity contribution is 6.07. The number of rotatable bonds is 4. The molecular formula is C21H18F4N8O. The molecule has 5 rings (SSSR count). The van der Waals surface area contributed by atoms with Crippen LogP contribution in [0, 0.1) is 0 Å². The molecule has 0 aromatic carbocycles. The van der Waals surface area contributed by atoms with E-state index in [2.05, 4.69) is 25.5 Å². The number of nitrogens with one attached hydrogen (secondary N) is 1. The first-order valence-electron chi connectivity index (χ1n) is 10.3. The summed E-state index contributed by atoms with van der Waals surface area (Å²) in [5, 5.41) is 11.1. The predicted molar refractivity (Wildman–Crippen MR) is 114 cm³/mol. The van der Waals surface area contributed by atoms with Crippen molar-refractivity contribution in [3.63, 3.8) is 0 Å². The van der Waals surface area contributed by atoms with E-state index in [0.717, 1.165) is 6.07 Å². The molecule has 1 atom stereocenters. The van der Waals surface area contributed by atoms with Crippen molar-refractivity contribution in [3.05, 3.63) is 54.1 Å². The summed E-state index contributed by atoms with van der Waals surface area (Å²) in [5.74, 6) is -0.189. The molecule has 5 heterocycles. The molecule has 1 amide bonds. The third-order valence-electron chi connectivity index (χ3n) is 5.47. The Bertz CT molecular complexity index is 1380. The van der Waals surface area contributed by atoms with E-state index < -0.39 is 23.9 Å².